The number of rotatable bonds is 6. The third-order valence-corrected chi connectivity index (χ3v) is 3.99. The SMILES string of the molecule is CCCC(CCC)(C(=O)O)N1CCCC(C)C1. The van der Waals surface area contributed by atoms with Crippen LogP contribution in [0, 0.1) is 5.92 Å². The standard InChI is InChI=1S/C14H27NO2/c1-4-8-14(9-5-2,13(16)17)15-10-6-7-12(3)11-15/h12H,4-11H2,1-3H3,(H,16,17). The second-order valence-corrected chi connectivity index (χ2v) is 5.53. The van der Waals surface area contributed by atoms with Gasteiger partial charge in [0.15, 0.2) is 0 Å². The fourth-order valence-electron chi connectivity index (χ4n) is 3.20. The molecule has 0 amide bonds. The van der Waals surface area contributed by atoms with Gasteiger partial charge < -0.3 is 5.11 Å². The van der Waals surface area contributed by atoms with Gasteiger partial charge in [-0.3, -0.25) is 9.69 Å². The van der Waals surface area contributed by atoms with Gasteiger partial charge in [-0.25, -0.2) is 0 Å². The van der Waals surface area contributed by atoms with Crippen LogP contribution in [0.5, 0.6) is 0 Å². The Balaban J connectivity index is 2.89. The molecule has 0 saturated carbocycles. The average molecular weight is 241 g/mol. The molecule has 1 fully saturated rings. The van der Waals surface area contributed by atoms with Gasteiger partial charge in [-0.2, -0.15) is 0 Å². The minimum atomic E-state index is -0.615. The Labute approximate surface area is 105 Å². The van der Waals surface area contributed by atoms with Crippen LogP contribution in [-0.2, 0) is 4.79 Å². The van der Waals surface area contributed by atoms with E-state index in [1.807, 2.05) is 0 Å². The molecule has 17 heavy (non-hydrogen) atoms. The highest BCUT2D eigenvalue weighted by atomic mass is 16.4. The Hall–Kier alpha value is -0.570. The maximum Gasteiger partial charge on any atom is 0.324 e. The number of carboxylic acids is 1. The summed E-state index contributed by atoms with van der Waals surface area (Å²) in [5, 5.41) is 9.68. The fraction of sp³-hybridized carbons (Fsp3) is 0.929. The third-order valence-electron chi connectivity index (χ3n) is 3.99. The molecule has 0 spiro atoms. The summed E-state index contributed by atoms with van der Waals surface area (Å²) >= 11 is 0. The van der Waals surface area contributed by atoms with Crippen molar-refractivity contribution in [1.82, 2.24) is 4.90 Å². The van der Waals surface area contributed by atoms with E-state index in [1.165, 1.54) is 6.42 Å². The molecule has 100 valence electrons. The van der Waals surface area contributed by atoms with Crippen molar-refractivity contribution in [2.45, 2.75) is 64.8 Å². The lowest BCUT2D eigenvalue weighted by Crippen LogP contribution is -2.57. The second-order valence-electron chi connectivity index (χ2n) is 5.53. The number of piperidine rings is 1. The molecule has 1 saturated heterocycles. The van der Waals surface area contributed by atoms with E-state index in [1.54, 1.807) is 0 Å². The summed E-state index contributed by atoms with van der Waals surface area (Å²) < 4.78 is 0. The van der Waals surface area contributed by atoms with E-state index < -0.39 is 11.5 Å². The van der Waals surface area contributed by atoms with Gasteiger partial charge in [0.25, 0.3) is 0 Å². The molecule has 3 nitrogen and oxygen atoms in total. The molecular formula is C14H27NO2. The number of likely N-dealkylation sites (tertiary alicyclic amines) is 1. The van der Waals surface area contributed by atoms with E-state index >= 15 is 0 Å². The summed E-state index contributed by atoms with van der Waals surface area (Å²) in [7, 11) is 0. The van der Waals surface area contributed by atoms with Crippen LogP contribution in [0.2, 0.25) is 0 Å². The van der Waals surface area contributed by atoms with Crippen LogP contribution < -0.4 is 0 Å². The van der Waals surface area contributed by atoms with Gasteiger partial charge in [-0.15, -0.1) is 0 Å². The molecule has 0 aromatic rings. The van der Waals surface area contributed by atoms with Gasteiger partial charge in [-0.1, -0.05) is 33.6 Å². The molecule has 3 heteroatoms. The van der Waals surface area contributed by atoms with Crippen LogP contribution in [0.1, 0.15) is 59.3 Å². The van der Waals surface area contributed by atoms with Gasteiger partial charge in [0, 0.05) is 6.54 Å². The second kappa shape index (κ2) is 6.39. The van der Waals surface area contributed by atoms with Crippen LogP contribution in [0.3, 0.4) is 0 Å². The number of hydrogen-bond donors (Lipinski definition) is 1. The molecular weight excluding hydrogens is 214 g/mol. The number of nitrogens with zero attached hydrogens (tertiary/aromatic N) is 1. The Morgan fingerprint density at radius 2 is 1.94 bits per heavy atom. The van der Waals surface area contributed by atoms with Crippen molar-refractivity contribution in [3.05, 3.63) is 0 Å². The molecule has 1 unspecified atom stereocenters. The zero-order valence-corrected chi connectivity index (χ0v) is 11.5. The summed E-state index contributed by atoms with van der Waals surface area (Å²) in [5.41, 5.74) is -0.599. The smallest absolute Gasteiger partial charge is 0.324 e. The van der Waals surface area contributed by atoms with Crippen molar-refractivity contribution < 1.29 is 9.90 Å². The van der Waals surface area contributed by atoms with Gasteiger partial charge in [0.2, 0.25) is 0 Å². The van der Waals surface area contributed by atoms with E-state index in [2.05, 4.69) is 25.7 Å². The summed E-state index contributed by atoms with van der Waals surface area (Å²) in [6.45, 7) is 8.31. The predicted molar refractivity (Wildman–Crippen MR) is 70.2 cm³/mol. The highest BCUT2D eigenvalue weighted by Gasteiger charge is 2.43. The van der Waals surface area contributed by atoms with Crippen LogP contribution >= 0.6 is 0 Å². The maximum absolute atomic E-state index is 11.8. The third kappa shape index (κ3) is 3.21. The summed E-state index contributed by atoms with van der Waals surface area (Å²) in [4.78, 5) is 14.0. The van der Waals surface area contributed by atoms with Crippen molar-refractivity contribution in [3.8, 4) is 0 Å². The average Bonchev–Trinajstić information content (AvgIpc) is 2.28. The maximum atomic E-state index is 11.8. The molecule has 0 radical (unpaired) electrons. The molecule has 1 N–H and O–H groups in total. The first kappa shape index (κ1) is 14.5. The molecule has 1 aliphatic heterocycles. The Bertz CT molecular complexity index is 247. The van der Waals surface area contributed by atoms with Gasteiger partial charge in [-0.05, 0) is 38.1 Å². The van der Waals surface area contributed by atoms with Crippen LogP contribution in [0.4, 0.5) is 0 Å². The Kier molecular flexibility index (Phi) is 5.44. The monoisotopic (exact) mass is 241 g/mol. The quantitative estimate of drug-likeness (QED) is 0.776. The Morgan fingerprint density at radius 1 is 1.35 bits per heavy atom. The zero-order chi connectivity index (χ0) is 12.9. The fourth-order valence-corrected chi connectivity index (χ4v) is 3.20. The van der Waals surface area contributed by atoms with Crippen molar-refractivity contribution in [1.29, 1.82) is 0 Å². The molecule has 1 rings (SSSR count). The number of carboxylic acid groups (broad SMARTS) is 1. The van der Waals surface area contributed by atoms with E-state index in [9.17, 15) is 9.90 Å². The summed E-state index contributed by atoms with van der Waals surface area (Å²) in [5.74, 6) is 0.0199. The molecule has 1 aliphatic rings. The summed E-state index contributed by atoms with van der Waals surface area (Å²) in [6, 6.07) is 0. The number of hydrogen-bond acceptors (Lipinski definition) is 2. The van der Waals surface area contributed by atoms with Crippen LogP contribution in [-0.4, -0.2) is 34.6 Å². The molecule has 0 bridgehead atoms. The highest BCUT2D eigenvalue weighted by Crippen LogP contribution is 2.32. The van der Waals surface area contributed by atoms with Crippen molar-refractivity contribution in [2.24, 2.45) is 5.92 Å². The molecule has 1 atom stereocenters. The normalized spacial score (nSPS) is 22.6. The minimum absolute atomic E-state index is 0.599. The molecule has 1 heterocycles. The summed E-state index contributed by atoms with van der Waals surface area (Å²) in [6.07, 6.45) is 5.83. The topological polar surface area (TPSA) is 40.5 Å². The molecule has 0 aromatic carbocycles. The molecule has 0 aromatic heterocycles. The van der Waals surface area contributed by atoms with Crippen LogP contribution in [0.25, 0.3) is 0 Å². The van der Waals surface area contributed by atoms with E-state index in [-0.39, 0.29) is 0 Å². The van der Waals surface area contributed by atoms with Gasteiger partial charge in [0.1, 0.15) is 5.54 Å². The lowest BCUT2D eigenvalue weighted by molar-refractivity contribution is -0.154. The van der Waals surface area contributed by atoms with E-state index in [4.69, 9.17) is 0 Å². The van der Waals surface area contributed by atoms with E-state index in [0.717, 1.165) is 45.2 Å². The number of aliphatic carboxylic acids is 1. The largest absolute Gasteiger partial charge is 0.480 e. The lowest BCUT2D eigenvalue weighted by Gasteiger charge is -2.44. The Morgan fingerprint density at radius 3 is 2.35 bits per heavy atom. The van der Waals surface area contributed by atoms with Crippen molar-refractivity contribution in [3.63, 3.8) is 0 Å². The lowest BCUT2D eigenvalue weighted by atomic mass is 9.84. The minimum Gasteiger partial charge on any atom is -0.480 e. The molecule has 0 aliphatic carbocycles. The number of carbonyl (C=O) groups is 1. The van der Waals surface area contributed by atoms with Gasteiger partial charge >= 0.3 is 5.97 Å². The van der Waals surface area contributed by atoms with Crippen molar-refractivity contribution in [2.75, 3.05) is 13.1 Å². The first-order chi connectivity index (χ1) is 8.06. The van der Waals surface area contributed by atoms with Crippen LogP contribution in [0.15, 0.2) is 0 Å². The van der Waals surface area contributed by atoms with Gasteiger partial charge in [0.05, 0.1) is 0 Å². The highest BCUT2D eigenvalue weighted by molar-refractivity contribution is 5.78. The first-order valence-electron chi connectivity index (χ1n) is 7.05. The predicted octanol–water partition coefficient (Wildman–Crippen LogP) is 3.14. The van der Waals surface area contributed by atoms with Crippen molar-refractivity contribution >= 4 is 5.97 Å². The zero-order valence-electron chi connectivity index (χ0n) is 11.5. The first-order valence-corrected chi connectivity index (χ1v) is 7.05. The van der Waals surface area contributed by atoms with E-state index in [0.29, 0.717) is 5.92 Å².